The first-order chi connectivity index (χ1) is 15.0. The maximum atomic E-state index is 13.2. The smallest absolute Gasteiger partial charge is 0.199 e. The number of hydrogen-bond acceptors (Lipinski definition) is 6. The molecular formula is C24H32N4O2S. The predicted molar refractivity (Wildman–Crippen MR) is 128 cm³/mol. The van der Waals surface area contributed by atoms with Gasteiger partial charge in [0.2, 0.25) is 0 Å². The summed E-state index contributed by atoms with van der Waals surface area (Å²) in [6, 6.07) is 1.86. The highest BCUT2D eigenvalue weighted by Gasteiger charge is 2.25. The minimum atomic E-state index is -0.233. The summed E-state index contributed by atoms with van der Waals surface area (Å²) in [6.07, 6.45) is 17.6. The van der Waals surface area contributed by atoms with Gasteiger partial charge in [0, 0.05) is 36.5 Å². The number of allylic oxidation sites excluding steroid dienone is 4. The fourth-order valence-electron chi connectivity index (χ4n) is 3.79. The van der Waals surface area contributed by atoms with Crippen molar-refractivity contribution in [2.45, 2.75) is 52.0 Å². The molecule has 0 bridgehead atoms. The van der Waals surface area contributed by atoms with Crippen LogP contribution in [0.15, 0.2) is 54.8 Å². The Balaban J connectivity index is 1.74. The first-order valence-electron chi connectivity index (χ1n) is 10.9. The van der Waals surface area contributed by atoms with Crippen molar-refractivity contribution in [2.75, 3.05) is 17.6 Å². The standard InChI is InChI=1S/C24H32N4O2S/c1-4-18(16-31-30)10-12-26-23-21(14-25-17-27-23)22(29)19-11-13-28(15-19)24(2,3)20-8-6-5-7-9-20/h6,8-9,11,13-15,17-18,30H,4-5,7,10,12,16H2,1-3H3,(H,25,26,27). The zero-order valence-electron chi connectivity index (χ0n) is 18.5. The van der Waals surface area contributed by atoms with Gasteiger partial charge in [-0.05, 0) is 62.7 Å². The normalized spacial score (nSPS) is 14.9. The molecule has 0 saturated carbocycles. The molecule has 0 radical (unpaired) electrons. The highest BCUT2D eigenvalue weighted by Crippen LogP contribution is 2.30. The number of carbonyl (C=O) groups excluding carboxylic acids is 1. The number of anilines is 1. The molecule has 0 spiro atoms. The molecule has 1 aliphatic rings. The molecule has 2 heterocycles. The van der Waals surface area contributed by atoms with Crippen LogP contribution in [-0.2, 0) is 5.54 Å². The number of rotatable bonds is 11. The Morgan fingerprint density at radius 1 is 1.39 bits per heavy atom. The molecule has 2 aromatic rings. The first-order valence-corrected chi connectivity index (χ1v) is 11.8. The number of aromatic nitrogens is 3. The minimum Gasteiger partial charge on any atom is -0.369 e. The van der Waals surface area contributed by atoms with E-state index in [-0.39, 0.29) is 11.3 Å². The van der Waals surface area contributed by atoms with Crippen LogP contribution in [0.2, 0.25) is 0 Å². The van der Waals surface area contributed by atoms with Gasteiger partial charge in [0.15, 0.2) is 5.78 Å². The zero-order chi connectivity index (χ0) is 22.3. The van der Waals surface area contributed by atoms with Gasteiger partial charge in [-0.2, -0.15) is 0 Å². The van der Waals surface area contributed by atoms with Gasteiger partial charge in [0.05, 0.1) is 11.1 Å². The number of nitrogens with zero attached hydrogens (tertiary/aromatic N) is 3. The highest BCUT2D eigenvalue weighted by molar-refractivity contribution is 7.93. The van der Waals surface area contributed by atoms with Crippen molar-refractivity contribution < 1.29 is 9.35 Å². The minimum absolute atomic E-state index is 0.0937. The van der Waals surface area contributed by atoms with Crippen molar-refractivity contribution in [3.63, 3.8) is 0 Å². The Hall–Kier alpha value is -2.38. The summed E-state index contributed by atoms with van der Waals surface area (Å²) < 4.78 is 11.2. The van der Waals surface area contributed by atoms with Crippen molar-refractivity contribution in [3.8, 4) is 0 Å². The van der Waals surface area contributed by atoms with Crippen LogP contribution in [0.5, 0.6) is 0 Å². The van der Waals surface area contributed by atoms with Gasteiger partial charge >= 0.3 is 0 Å². The van der Waals surface area contributed by atoms with Crippen molar-refractivity contribution in [1.29, 1.82) is 0 Å². The molecule has 2 N–H and O–H groups in total. The van der Waals surface area contributed by atoms with E-state index in [4.69, 9.17) is 4.55 Å². The molecule has 1 unspecified atom stereocenters. The third kappa shape index (κ3) is 5.66. The maximum Gasteiger partial charge on any atom is 0.199 e. The zero-order valence-corrected chi connectivity index (χ0v) is 19.4. The molecule has 0 saturated heterocycles. The van der Waals surface area contributed by atoms with E-state index in [1.54, 1.807) is 6.20 Å². The molecule has 6 nitrogen and oxygen atoms in total. The molecule has 7 heteroatoms. The van der Waals surface area contributed by atoms with Gasteiger partial charge in [-0.3, -0.25) is 4.79 Å². The number of carbonyl (C=O) groups is 1. The quantitative estimate of drug-likeness (QED) is 0.352. The molecule has 0 aromatic carbocycles. The summed E-state index contributed by atoms with van der Waals surface area (Å²) in [5.74, 6) is 1.59. The van der Waals surface area contributed by atoms with Gasteiger partial charge in [-0.15, -0.1) is 0 Å². The van der Waals surface area contributed by atoms with E-state index in [1.807, 2.05) is 18.5 Å². The summed E-state index contributed by atoms with van der Waals surface area (Å²) in [5, 5.41) is 3.29. The van der Waals surface area contributed by atoms with Crippen LogP contribution in [0.1, 0.15) is 62.4 Å². The Labute approximate surface area is 189 Å². The average Bonchev–Trinajstić information content (AvgIpc) is 3.30. The average molecular weight is 441 g/mol. The highest BCUT2D eigenvalue weighted by atomic mass is 32.2. The fraction of sp³-hybridized carbons (Fsp3) is 0.458. The molecule has 0 fully saturated rings. The topological polar surface area (TPSA) is 80.0 Å². The van der Waals surface area contributed by atoms with E-state index >= 15 is 0 Å². The second-order valence-corrected chi connectivity index (χ2v) is 9.00. The molecule has 2 aromatic heterocycles. The largest absolute Gasteiger partial charge is 0.369 e. The third-order valence-corrected chi connectivity index (χ3v) is 6.61. The number of hydrogen-bond donors (Lipinski definition) is 2. The molecule has 3 rings (SSSR count). The number of nitrogens with one attached hydrogen (secondary N) is 1. The van der Waals surface area contributed by atoms with Crippen molar-refractivity contribution in [3.05, 3.63) is 65.9 Å². The Kier molecular flexibility index (Phi) is 8.09. The lowest BCUT2D eigenvalue weighted by Gasteiger charge is -2.30. The van der Waals surface area contributed by atoms with Crippen LogP contribution < -0.4 is 5.32 Å². The van der Waals surface area contributed by atoms with Gasteiger partial charge < -0.3 is 14.4 Å². The fourth-order valence-corrected chi connectivity index (χ4v) is 4.41. The van der Waals surface area contributed by atoms with Crippen LogP contribution in [0.25, 0.3) is 0 Å². The Morgan fingerprint density at radius 2 is 2.23 bits per heavy atom. The summed E-state index contributed by atoms with van der Waals surface area (Å²) in [6.45, 7) is 7.13. The van der Waals surface area contributed by atoms with E-state index in [0.717, 1.165) is 37.7 Å². The van der Waals surface area contributed by atoms with E-state index < -0.39 is 0 Å². The molecule has 31 heavy (non-hydrogen) atoms. The van der Waals surface area contributed by atoms with E-state index in [0.29, 0.717) is 35.2 Å². The van der Waals surface area contributed by atoms with Crippen molar-refractivity contribution in [1.82, 2.24) is 14.5 Å². The van der Waals surface area contributed by atoms with Crippen LogP contribution in [0.3, 0.4) is 0 Å². The van der Waals surface area contributed by atoms with Crippen LogP contribution in [0.4, 0.5) is 5.82 Å². The summed E-state index contributed by atoms with van der Waals surface area (Å²) >= 11 is 0.882. The van der Waals surface area contributed by atoms with E-state index in [2.05, 4.69) is 58.9 Å². The lowest BCUT2D eigenvalue weighted by Crippen LogP contribution is -2.27. The summed E-state index contributed by atoms with van der Waals surface area (Å²) in [4.78, 5) is 21.6. The first kappa shape index (κ1) is 23.3. The van der Waals surface area contributed by atoms with Crippen LogP contribution >= 0.6 is 12.0 Å². The molecule has 1 atom stereocenters. The second-order valence-electron chi connectivity index (χ2n) is 8.41. The van der Waals surface area contributed by atoms with Crippen molar-refractivity contribution >= 4 is 23.6 Å². The monoisotopic (exact) mass is 440 g/mol. The van der Waals surface area contributed by atoms with Crippen LogP contribution in [-0.4, -0.2) is 37.2 Å². The Morgan fingerprint density at radius 3 is 2.94 bits per heavy atom. The number of ketones is 1. The van der Waals surface area contributed by atoms with Crippen molar-refractivity contribution in [2.24, 2.45) is 5.92 Å². The SMILES string of the molecule is CCC(CCNc1ncncc1C(=O)c1ccn(C(C)(C)C2=CCCC=C2)c1)CSO. The third-order valence-electron chi connectivity index (χ3n) is 5.99. The summed E-state index contributed by atoms with van der Waals surface area (Å²) in [5.41, 5.74) is 2.11. The molecule has 166 valence electrons. The Bertz CT molecular complexity index is 949. The van der Waals surface area contributed by atoms with Gasteiger partial charge in [0.25, 0.3) is 0 Å². The molecule has 0 aliphatic heterocycles. The van der Waals surface area contributed by atoms with Crippen LogP contribution in [0, 0.1) is 5.92 Å². The lowest BCUT2D eigenvalue weighted by molar-refractivity contribution is 0.103. The van der Waals surface area contributed by atoms with E-state index in [9.17, 15) is 4.79 Å². The molecule has 0 amide bonds. The van der Waals surface area contributed by atoms with E-state index in [1.165, 1.54) is 11.9 Å². The molecule has 1 aliphatic carbocycles. The maximum absolute atomic E-state index is 13.2. The van der Waals surface area contributed by atoms with Gasteiger partial charge in [0.1, 0.15) is 12.1 Å². The predicted octanol–water partition coefficient (Wildman–Crippen LogP) is 5.56. The second kappa shape index (κ2) is 10.8. The van der Waals surface area contributed by atoms with Gasteiger partial charge in [-0.1, -0.05) is 31.6 Å². The lowest BCUT2D eigenvalue weighted by atomic mass is 9.89. The van der Waals surface area contributed by atoms with Gasteiger partial charge in [-0.25, -0.2) is 9.97 Å². The summed E-state index contributed by atoms with van der Waals surface area (Å²) in [7, 11) is 0. The molecular weight excluding hydrogens is 408 g/mol.